The van der Waals surface area contributed by atoms with Crippen molar-refractivity contribution in [2.75, 3.05) is 19.7 Å². The Morgan fingerprint density at radius 2 is 2.18 bits per heavy atom. The van der Waals surface area contributed by atoms with E-state index in [-0.39, 0.29) is 17.4 Å². The highest BCUT2D eigenvalue weighted by atomic mass is 16.5. The average molecular weight is 304 g/mol. The van der Waals surface area contributed by atoms with Gasteiger partial charge in [-0.2, -0.15) is 5.10 Å². The Balaban J connectivity index is 1.45. The number of rotatable bonds is 6. The molecule has 0 bridgehead atoms. The van der Waals surface area contributed by atoms with Crippen LogP contribution in [0.5, 0.6) is 5.88 Å². The molecule has 1 aromatic heterocycles. The Morgan fingerprint density at radius 3 is 2.86 bits per heavy atom. The molecule has 1 aromatic rings. The molecule has 2 N–H and O–H groups in total. The van der Waals surface area contributed by atoms with Crippen LogP contribution in [0, 0.1) is 24.7 Å². The zero-order valence-electron chi connectivity index (χ0n) is 13.4. The van der Waals surface area contributed by atoms with Crippen LogP contribution in [-0.4, -0.2) is 41.3 Å². The predicted octanol–water partition coefficient (Wildman–Crippen LogP) is 0.914. The number of hydrogen-bond acceptors (Lipinski definition) is 5. The minimum absolute atomic E-state index is 0.192. The molecule has 22 heavy (non-hydrogen) atoms. The maximum Gasteiger partial charge on any atom is 0.236 e. The molecule has 0 spiro atoms. The SMILES string of the molecule is Cc1ccnnc1OCCC(C)(C)NC(=O)[C@H]1[C@@H]2CNC[C@@H]21. The third-order valence-electron chi connectivity index (χ3n) is 4.70. The lowest BCUT2D eigenvalue weighted by Gasteiger charge is -2.26. The molecular formula is C16H24N4O2. The van der Waals surface area contributed by atoms with E-state index < -0.39 is 0 Å². The molecule has 6 heteroatoms. The Bertz CT molecular complexity index is 551. The maximum atomic E-state index is 12.3. The highest BCUT2D eigenvalue weighted by molar-refractivity contribution is 5.83. The predicted molar refractivity (Wildman–Crippen MR) is 82.4 cm³/mol. The van der Waals surface area contributed by atoms with Crippen LogP contribution in [0.4, 0.5) is 0 Å². The summed E-state index contributed by atoms with van der Waals surface area (Å²) in [5, 5.41) is 14.3. The standard InChI is InChI=1S/C16H24N4O2/c1-10-4-6-18-20-15(10)22-7-5-16(2,3)19-14(21)13-11-8-17-9-12(11)13/h4,6,11-13,17H,5,7-9H2,1-3H3,(H,19,21)/t11-,12+,13+. The number of aromatic nitrogens is 2. The monoisotopic (exact) mass is 304 g/mol. The lowest BCUT2D eigenvalue weighted by molar-refractivity contribution is -0.124. The van der Waals surface area contributed by atoms with Crippen LogP contribution < -0.4 is 15.4 Å². The van der Waals surface area contributed by atoms with Gasteiger partial charge in [-0.25, -0.2) is 0 Å². The Hall–Kier alpha value is -1.69. The van der Waals surface area contributed by atoms with E-state index in [0.29, 0.717) is 24.3 Å². The molecule has 0 unspecified atom stereocenters. The van der Waals surface area contributed by atoms with Crippen molar-refractivity contribution in [2.45, 2.75) is 32.7 Å². The van der Waals surface area contributed by atoms with E-state index in [9.17, 15) is 4.79 Å². The second-order valence-electron chi connectivity index (χ2n) is 7.00. The lowest BCUT2D eigenvalue weighted by atomic mass is 10.0. The van der Waals surface area contributed by atoms with Gasteiger partial charge >= 0.3 is 0 Å². The van der Waals surface area contributed by atoms with Gasteiger partial charge in [0.15, 0.2) is 0 Å². The van der Waals surface area contributed by atoms with Crippen molar-refractivity contribution in [3.05, 3.63) is 17.8 Å². The van der Waals surface area contributed by atoms with Gasteiger partial charge in [-0.3, -0.25) is 4.79 Å². The normalized spacial score (nSPS) is 26.4. The average Bonchev–Trinajstić information content (AvgIpc) is 2.94. The molecule has 2 fully saturated rings. The number of piperidine rings is 1. The van der Waals surface area contributed by atoms with E-state index in [2.05, 4.69) is 20.8 Å². The highest BCUT2D eigenvalue weighted by Gasteiger charge is 2.57. The fraction of sp³-hybridized carbons (Fsp3) is 0.688. The molecule has 6 nitrogen and oxygen atoms in total. The summed E-state index contributed by atoms with van der Waals surface area (Å²) in [4.78, 5) is 12.3. The number of fused-ring (bicyclic) bond motifs is 1. The summed E-state index contributed by atoms with van der Waals surface area (Å²) in [5.41, 5.74) is 0.687. The zero-order chi connectivity index (χ0) is 15.7. The van der Waals surface area contributed by atoms with E-state index >= 15 is 0 Å². The molecule has 0 aromatic carbocycles. The Morgan fingerprint density at radius 1 is 1.45 bits per heavy atom. The van der Waals surface area contributed by atoms with Gasteiger partial charge in [0.25, 0.3) is 0 Å². The van der Waals surface area contributed by atoms with Gasteiger partial charge < -0.3 is 15.4 Å². The number of nitrogens with zero attached hydrogens (tertiary/aromatic N) is 2. The van der Waals surface area contributed by atoms with E-state index in [0.717, 1.165) is 25.1 Å². The zero-order valence-corrected chi connectivity index (χ0v) is 13.4. The molecule has 1 aliphatic heterocycles. The van der Waals surface area contributed by atoms with Gasteiger partial charge in [0.05, 0.1) is 12.8 Å². The molecule has 1 saturated carbocycles. The smallest absolute Gasteiger partial charge is 0.236 e. The number of hydrogen-bond donors (Lipinski definition) is 2. The fourth-order valence-corrected chi connectivity index (χ4v) is 3.21. The van der Waals surface area contributed by atoms with Crippen LogP contribution in [0.15, 0.2) is 12.3 Å². The topological polar surface area (TPSA) is 76.1 Å². The van der Waals surface area contributed by atoms with Crippen molar-refractivity contribution >= 4 is 5.91 Å². The van der Waals surface area contributed by atoms with Crippen LogP contribution >= 0.6 is 0 Å². The molecule has 2 aliphatic rings. The molecule has 3 rings (SSSR count). The third-order valence-corrected chi connectivity index (χ3v) is 4.70. The molecule has 1 aliphatic carbocycles. The van der Waals surface area contributed by atoms with Crippen molar-refractivity contribution in [1.29, 1.82) is 0 Å². The first-order valence-electron chi connectivity index (χ1n) is 7.92. The first-order valence-corrected chi connectivity index (χ1v) is 7.92. The summed E-state index contributed by atoms with van der Waals surface area (Å²) in [7, 11) is 0. The minimum atomic E-state index is -0.280. The molecule has 3 atom stereocenters. The second kappa shape index (κ2) is 5.83. The quantitative estimate of drug-likeness (QED) is 0.817. The first kappa shape index (κ1) is 15.2. The first-order chi connectivity index (χ1) is 10.5. The molecule has 1 amide bonds. The number of nitrogens with one attached hydrogen (secondary N) is 2. The maximum absolute atomic E-state index is 12.3. The number of aryl methyl sites for hydroxylation is 1. The van der Waals surface area contributed by atoms with E-state index in [1.807, 2.05) is 26.8 Å². The molecule has 120 valence electrons. The van der Waals surface area contributed by atoms with Crippen LogP contribution in [0.25, 0.3) is 0 Å². The number of ether oxygens (including phenoxy) is 1. The van der Waals surface area contributed by atoms with Crippen LogP contribution in [0.3, 0.4) is 0 Å². The van der Waals surface area contributed by atoms with Gasteiger partial charge in [-0.15, -0.1) is 5.10 Å². The molecule has 2 heterocycles. The van der Waals surface area contributed by atoms with Gasteiger partial charge in [0, 0.05) is 23.4 Å². The summed E-state index contributed by atoms with van der Waals surface area (Å²) in [6.07, 6.45) is 2.38. The van der Waals surface area contributed by atoms with Crippen molar-refractivity contribution < 1.29 is 9.53 Å². The summed E-state index contributed by atoms with van der Waals surface area (Å²) in [6.45, 7) is 8.49. The van der Waals surface area contributed by atoms with Crippen LogP contribution in [0.1, 0.15) is 25.8 Å². The van der Waals surface area contributed by atoms with Gasteiger partial charge in [-0.05, 0) is 51.8 Å². The van der Waals surface area contributed by atoms with Crippen LogP contribution in [0.2, 0.25) is 0 Å². The molecule has 0 radical (unpaired) electrons. The van der Waals surface area contributed by atoms with Crippen LogP contribution in [-0.2, 0) is 4.79 Å². The molecular weight excluding hydrogens is 280 g/mol. The number of amides is 1. The minimum Gasteiger partial charge on any atom is -0.476 e. The van der Waals surface area contributed by atoms with Gasteiger partial charge in [0.1, 0.15) is 0 Å². The second-order valence-corrected chi connectivity index (χ2v) is 7.00. The third kappa shape index (κ3) is 3.21. The largest absolute Gasteiger partial charge is 0.476 e. The lowest BCUT2D eigenvalue weighted by Crippen LogP contribution is -2.46. The van der Waals surface area contributed by atoms with Crippen molar-refractivity contribution in [1.82, 2.24) is 20.8 Å². The highest BCUT2D eigenvalue weighted by Crippen LogP contribution is 2.48. The summed E-state index contributed by atoms with van der Waals surface area (Å²) < 4.78 is 5.67. The van der Waals surface area contributed by atoms with E-state index in [1.165, 1.54) is 0 Å². The van der Waals surface area contributed by atoms with Gasteiger partial charge in [-0.1, -0.05) is 0 Å². The number of carbonyl (C=O) groups is 1. The van der Waals surface area contributed by atoms with E-state index in [4.69, 9.17) is 4.74 Å². The van der Waals surface area contributed by atoms with Crippen molar-refractivity contribution in [3.63, 3.8) is 0 Å². The van der Waals surface area contributed by atoms with Gasteiger partial charge in [0.2, 0.25) is 11.8 Å². The van der Waals surface area contributed by atoms with E-state index in [1.54, 1.807) is 6.20 Å². The van der Waals surface area contributed by atoms with Crippen molar-refractivity contribution in [2.24, 2.45) is 17.8 Å². The summed E-state index contributed by atoms with van der Waals surface area (Å²) in [6, 6.07) is 1.87. The molecule has 1 saturated heterocycles. The Labute approximate surface area is 131 Å². The fourth-order valence-electron chi connectivity index (χ4n) is 3.21. The summed E-state index contributed by atoms with van der Waals surface area (Å²) in [5.74, 6) is 2.07. The Kier molecular flexibility index (Phi) is 4.04. The summed E-state index contributed by atoms with van der Waals surface area (Å²) >= 11 is 0. The number of carbonyl (C=O) groups excluding carboxylic acids is 1. The van der Waals surface area contributed by atoms with Crippen molar-refractivity contribution in [3.8, 4) is 5.88 Å².